The molecule has 0 heterocycles. The number of benzene rings is 1. The first-order valence-electron chi connectivity index (χ1n) is 2.73. The Kier molecular flexibility index (Phi) is 1.92. The second kappa shape index (κ2) is 2.71. The number of hydrogen-bond acceptors (Lipinski definition) is 2. The molecule has 1 aromatic rings. The summed E-state index contributed by atoms with van der Waals surface area (Å²) in [5.74, 6) is 0.0828. The van der Waals surface area contributed by atoms with Crippen LogP contribution >= 0.6 is 11.6 Å². The minimum atomic E-state index is 0.0828. The Labute approximate surface area is 63.6 Å². The van der Waals surface area contributed by atoms with Crippen LogP contribution in [0.15, 0.2) is 18.2 Å². The van der Waals surface area contributed by atoms with Crippen molar-refractivity contribution in [2.45, 2.75) is 0 Å². The van der Waals surface area contributed by atoms with Gasteiger partial charge in [0.2, 0.25) is 0 Å². The van der Waals surface area contributed by atoms with E-state index in [2.05, 4.69) is 0 Å². The highest BCUT2D eigenvalue weighted by atomic mass is 35.5. The zero-order chi connectivity index (χ0) is 7.56. The first kappa shape index (κ1) is 7.09. The van der Waals surface area contributed by atoms with Gasteiger partial charge in [0.05, 0.1) is 0 Å². The van der Waals surface area contributed by atoms with Gasteiger partial charge in [0.15, 0.2) is 0 Å². The number of hydrogen-bond donors (Lipinski definition) is 2. The lowest BCUT2D eigenvalue weighted by atomic mass is 10.2. The molecule has 0 aromatic heterocycles. The molecular formula is C7H6ClNO. The lowest BCUT2D eigenvalue weighted by Crippen LogP contribution is -1.79. The van der Waals surface area contributed by atoms with E-state index in [-0.39, 0.29) is 5.75 Å². The highest BCUT2D eigenvalue weighted by Gasteiger charge is 1.96. The molecule has 0 spiro atoms. The van der Waals surface area contributed by atoms with Crippen LogP contribution in [0.5, 0.6) is 5.75 Å². The molecular weight excluding hydrogens is 150 g/mol. The molecule has 0 radical (unpaired) electrons. The van der Waals surface area contributed by atoms with Crippen molar-refractivity contribution in [3.63, 3.8) is 0 Å². The molecule has 1 aromatic carbocycles. The van der Waals surface area contributed by atoms with Gasteiger partial charge < -0.3 is 10.5 Å². The lowest BCUT2D eigenvalue weighted by molar-refractivity contribution is 0.474. The topological polar surface area (TPSA) is 44.1 Å². The first-order chi connectivity index (χ1) is 4.74. The van der Waals surface area contributed by atoms with Crippen molar-refractivity contribution >= 4 is 17.8 Å². The molecule has 2 nitrogen and oxygen atoms in total. The maximum Gasteiger partial charge on any atom is 0.124 e. The van der Waals surface area contributed by atoms with Crippen LogP contribution < -0.4 is 0 Å². The fourth-order valence-electron chi connectivity index (χ4n) is 0.641. The van der Waals surface area contributed by atoms with Crippen molar-refractivity contribution in [1.82, 2.24) is 0 Å². The van der Waals surface area contributed by atoms with E-state index in [9.17, 15) is 0 Å². The van der Waals surface area contributed by atoms with Crippen LogP contribution in [0.1, 0.15) is 5.56 Å². The maximum absolute atomic E-state index is 9.03. The van der Waals surface area contributed by atoms with E-state index in [0.29, 0.717) is 10.6 Å². The Balaban J connectivity index is 3.21. The Morgan fingerprint density at radius 3 is 2.70 bits per heavy atom. The van der Waals surface area contributed by atoms with Gasteiger partial charge in [-0.1, -0.05) is 11.6 Å². The third-order valence-electron chi connectivity index (χ3n) is 1.15. The van der Waals surface area contributed by atoms with Crippen molar-refractivity contribution in [3.05, 3.63) is 28.8 Å². The Morgan fingerprint density at radius 2 is 2.20 bits per heavy atom. The van der Waals surface area contributed by atoms with Gasteiger partial charge >= 0.3 is 0 Å². The normalized spacial score (nSPS) is 9.30. The van der Waals surface area contributed by atoms with E-state index in [0.717, 1.165) is 6.21 Å². The Bertz CT molecular complexity index is 260. The summed E-state index contributed by atoms with van der Waals surface area (Å²) in [5, 5.41) is 16.4. The molecule has 0 unspecified atom stereocenters. The smallest absolute Gasteiger partial charge is 0.124 e. The zero-order valence-corrected chi connectivity index (χ0v) is 5.89. The zero-order valence-electron chi connectivity index (χ0n) is 5.13. The summed E-state index contributed by atoms with van der Waals surface area (Å²) in [6, 6.07) is 4.57. The summed E-state index contributed by atoms with van der Waals surface area (Å²) in [6.45, 7) is 0. The molecule has 3 heteroatoms. The Hall–Kier alpha value is -1.02. The van der Waals surface area contributed by atoms with E-state index < -0.39 is 0 Å². The number of rotatable bonds is 1. The van der Waals surface area contributed by atoms with E-state index in [1.807, 2.05) is 0 Å². The molecule has 52 valence electrons. The highest BCUT2D eigenvalue weighted by molar-refractivity contribution is 6.30. The molecule has 0 aliphatic carbocycles. The SMILES string of the molecule is N=Cc1cc(Cl)ccc1O. The molecule has 10 heavy (non-hydrogen) atoms. The van der Waals surface area contributed by atoms with E-state index in [4.69, 9.17) is 22.1 Å². The third kappa shape index (κ3) is 1.28. The van der Waals surface area contributed by atoms with Crippen LogP contribution in [0.4, 0.5) is 0 Å². The van der Waals surface area contributed by atoms with Crippen LogP contribution in [0.25, 0.3) is 0 Å². The monoisotopic (exact) mass is 155 g/mol. The third-order valence-corrected chi connectivity index (χ3v) is 1.38. The van der Waals surface area contributed by atoms with Gasteiger partial charge in [0.1, 0.15) is 5.75 Å². The fraction of sp³-hybridized carbons (Fsp3) is 0. The second-order valence-electron chi connectivity index (χ2n) is 1.85. The summed E-state index contributed by atoms with van der Waals surface area (Å²) in [7, 11) is 0. The van der Waals surface area contributed by atoms with Crippen molar-refractivity contribution in [3.8, 4) is 5.75 Å². The number of phenols is 1. The van der Waals surface area contributed by atoms with Crippen LogP contribution in [-0.2, 0) is 0 Å². The van der Waals surface area contributed by atoms with Gasteiger partial charge in [-0.2, -0.15) is 0 Å². The minimum absolute atomic E-state index is 0.0828. The molecule has 1 rings (SSSR count). The van der Waals surface area contributed by atoms with E-state index >= 15 is 0 Å². The molecule has 0 bridgehead atoms. The predicted octanol–water partition coefficient (Wildman–Crippen LogP) is 2.04. The van der Waals surface area contributed by atoms with Gasteiger partial charge in [0.25, 0.3) is 0 Å². The summed E-state index contributed by atoms with van der Waals surface area (Å²) in [6.07, 6.45) is 1.06. The average Bonchev–Trinajstić information content (AvgIpc) is 1.94. The minimum Gasteiger partial charge on any atom is -0.507 e. The highest BCUT2D eigenvalue weighted by Crippen LogP contribution is 2.18. The van der Waals surface area contributed by atoms with Crippen molar-refractivity contribution in [2.24, 2.45) is 0 Å². The average molecular weight is 156 g/mol. The number of phenolic OH excluding ortho intramolecular Hbond substituents is 1. The van der Waals surface area contributed by atoms with Crippen LogP contribution in [0, 0.1) is 5.41 Å². The quantitative estimate of drug-likeness (QED) is 0.599. The van der Waals surface area contributed by atoms with Crippen LogP contribution in [0.2, 0.25) is 5.02 Å². The lowest BCUT2D eigenvalue weighted by Gasteiger charge is -1.96. The van der Waals surface area contributed by atoms with E-state index in [1.54, 1.807) is 6.07 Å². The van der Waals surface area contributed by atoms with Crippen molar-refractivity contribution in [1.29, 1.82) is 5.41 Å². The molecule has 0 saturated carbocycles. The molecule has 0 aliphatic rings. The van der Waals surface area contributed by atoms with E-state index in [1.165, 1.54) is 12.1 Å². The predicted molar refractivity (Wildman–Crippen MR) is 41.0 cm³/mol. The largest absolute Gasteiger partial charge is 0.507 e. The molecule has 0 amide bonds. The van der Waals surface area contributed by atoms with Crippen molar-refractivity contribution < 1.29 is 5.11 Å². The molecule has 0 atom stereocenters. The number of nitrogens with one attached hydrogen (secondary N) is 1. The standard InChI is InChI=1S/C7H6ClNO/c8-6-1-2-7(10)5(3-6)4-9/h1-4,9-10H. The van der Waals surface area contributed by atoms with Crippen molar-refractivity contribution in [2.75, 3.05) is 0 Å². The number of aromatic hydroxyl groups is 1. The summed E-state index contributed by atoms with van der Waals surface area (Å²) in [4.78, 5) is 0. The summed E-state index contributed by atoms with van der Waals surface area (Å²) in [5.41, 5.74) is 0.438. The maximum atomic E-state index is 9.03. The van der Waals surface area contributed by atoms with Gasteiger partial charge in [-0.15, -0.1) is 0 Å². The summed E-state index contributed by atoms with van der Waals surface area (Å²) >= 11 is 5.58. The van der Waals surface area contributed by atoms with Crippen LogP contribution in [0.3, 0.4) is 0 Å². The van der Waals surface area contributed by atoms with Gasteiger partial charge in [-0.05, 0) is 18.2 Å². The summed E-state index contributed by atoms with van der Waals surface area (Å²) < 4.78 is 0. The van der Waals surface area contributed by atoms with Gasteiger partial charge in [0, 0.05) is 16.8 Å². The second-order valence-corrected chi connectivity index (χ2v) is 2.28. The first-order valence-corrected chi connectivity index (χ1v) is 3.11. The Morgan fingerprint density at radius 1 is 1.50 bits per heavy atom. The van der Waals surface area contributed by atoms with Crippen LogP contribution in [-0.4, -0.2) is 11.3 Å². The fourth-order valence-corrected chi connectivity index (χ4v) is 0.822. The number of halogens is 1. The molecule has 2 N–H and O–H groups in total. The van der Waals surface area contributed by atoms with Gasteiger partial charge in [-0.25, -0.2) is 0 Å². The van der Waals surface area contributed by atoms with Gasteiger partial charge in [-0.3, -0.25) is 0 Å². The molecule has 0 fully saturated rings. The molecule has 0 saturated heterocycles. The molecule has 0 aliphatic heterocycles.